The van der Waals surface area contributed by atoms with Crippen molar-refractivity contribution >= 4 is 0 Å². The Morgan fingerprint density at radius 3 is 0.722 bits per heavy atom. The van der Waals surface area contributed by atoms with Crippen molar-refractivity contribution < 1.29 is 0 Å². The minimum Gasteiger partial charge on any atom is -0.265 e. The van der Waals surface area contributed by atoms with E-state index in [1.807, 2.05) is 64.1 Å². The highest BCUT2D eigenvalue weighted by molar-refractivity contribution is 4.88. The minimum atomic E-state index is 0. The second-order valence-corrected chi connectivity index (χ2v) is 2.05. The number of nitrogens with zero attached hydrogens (tertiary/aromatic N) is 2. The first kappa shape index (κ1) is 25.2. The Hall–Kier alpha value is -1.70. The Morgan fingerprint density at radius 1 is 0.444 bits per heavy atom. The second-order valence-electron chi connectivity index (χ2n) is 2.05. The van der Waals surface area contributed by atoms with E-state index in [1.54, 1.807) is 24.8 Å². The third kappa shape index (κ3) is 23.8. The highest BCUT2D eigenvalue weighted by Gasteiger charge is 1.59. The highest BCUT2D eigenvalue weighted by atomic mass is 14.6. The molecule has 0 aromatic carbocycles. The van der Waals surface area contributed by atoms with Crippen LogP contribution < -0.4 is 0 Å². The van der Waals surface area contributed by atoms with Crippen LogP contribution in [0.15, 0.2) is 61.2 Å². The first-order valence-corrected chi connectivity index (χ1v) is 5.70. The molecule has 0 N–H and O–H groups in total. The lowest BCUT2D eigenvalue weighted by molar-refractivity contribution is 1.33. The average Bonchev–Trinajstić information content (AvgIpc) is 2.48. The van der Waals surface area contributed by atoms with Crippen LogP contribution in [0.25, 0.3) is 0 Å². The summed E-state index contributed by atoms with van der Waals surface area (Å²) in [5.41, 5.74) is 0. The van der Waals surface area contributed by atoms with Crippen LogP contribution in [0.5, 0.6) is 0 Å². The molecule has 2 aromatic heterocycles. The minimum absolute atomic E-state index is 0. The number of hydrogen-bond donors (Lipinski definition) is 0. The molecule has 0 spiro atoms. The number of aromatic nitrogens is 2. The zero-order valence-corrected chi connectivity index (χ0v) is 10.7. The fourth-order valence-electron chi connectivity index (χ4n) is 0.625. The molecule has 18 heavy (non-hydrogen) atoms. The van der Waals surface area contributed by atoms with E-state index >= 15 is 0 Å². The quantitative estimate of drug-likeness (QED) is 0.618. The molecule has 2 nitrogen and oxygen atoms in total. The maximum atomic E-state index is 3.78. The summed E-state index contributed by atoms with van der Waals surface area (Å²) in [5.74, 6) is 0. The van der Waals surface area contributed by atoms with E-state index in [9.17, 15) is 0 Å². The zero-order valence-electron chi connectivity index (χ0n) is 10.7. The van der Waals surface area contributed by atoms with Crippen molar-refractivity contribution in [3.63, 3.8) is 0 Å². The van der Waals surface area contributed by atoms with Gasteiger partial charge < -0.3 is 0 Å². The van der Waals surface area contributed by atoms with Gasteiger partial charge in [0.1, 0.15) is 0 Å². The highest BCUT2D eigenvalue weighted by Crippen LogP contribution is 1.74. The monoisotopic (exact) mass is 250 g/mol. The average molecular weight is 250 g/mol. The molecule has 2 rings (SSSR count). The van der Waals surface area contributed by atoms with Gasteiger partial charge in [-0.15, -0.1) is 0 Å². The van der Waals surface area contributed by atoms with Gasteiger partial charge in [-0.3, -0.25) is 9.97 Å². The van der Waals surface area contributed by atoms with E-state index in [4.69, 9.17) is 0 Å². The molecular formula is C16H30N2. The van der Waals surface area contributed by atoms with E-state index in [0.717, 1.165) is 0 Å². The summed E-state index contributed by atoms with van der Waals surface area (Å²) in [6.07, 6.45) is 7.00. The van der Waals surface area contributed by atoms with E-state index in [-0.39, 0.29) is 14.9 Å². The van der Waals surface area contributed by atoms with Crippen LogP contribution in [-0.4, -0.2) is 9.97 Å². The standard InChI is InChI=1S/2C5H5N.2C2H6.2CH4/c2*1-2-4-6-5-3-1;2*1-2;;/h2*1-5H;2*1-2H3;2*1H4. The first-order chi connectivity index (χ1) is 8.00. The normalized spacial score (nSPS) is 6.00. The summed E-state index contributed by atoms with van der Waals surface area (Å²) < 4.78 is 0. The molecule has 2 heterocycles. The van der Waals surface area contributed by atoms with Gasteiger partial charge in [0.25, 0.3) is 0 Å². The summed E-state index contributed by atoms with van der Waals surface area (Å²) in [6, 6.07) is 11.4. The lowest BCUT2D eigenvalue weighted by atomic mass is 10.5. The van der Waals surface area contributed by atoms with Crippen molar-refractivity contribution in [1.29, 1.82) is 0 Å². The van der Waals surface area contributed by atoms with Gasteiger partial charge in [-0.2, -0.15) is 0 Å². The van der Waals surface area contributed by atoms with Gasteiger partial charge in [-0.25, -0.2) is 0 Å². The second kappa shape index (κ2) is 29.5. The van der Waals surface area contributed by atoms with Crippen LogP contribution in [-0.2, 0) is 0 Å². The van der Waals surface area contributed by atoms with E-state index in [1.165, 1.54) is 0 Å². The fourth-order valence-corrected chi connectivity index (χ4v) is 0.625. The predicted octanol–water partition coefficient (Wildman–Crippen LogP) is 5.49. The van der Waals surface area contributed by atoms with Crippen LogP contribution in [0.3, 0.4) is 0 Å². The maximum absolute atomic E-state index is 3.78. The molecule has 0 saturated carbocycles. The number of hydrogen-bond acceptors (Lipinski definition) is 2. The smallest absolute Gasteiger partial charge is 0.0267 e. The van der Waals surface area contributed by atoms with E-state index in [0.29, 0.717) is 0 Å². The van der Waals surface area contributed by atoms with Crippen molar-refractivity contribution in [2.24, 2.45) is 0 Å². The van der Waals surface area contributed by atoms with Gasteiger partial charge in [-0.05, 0) is 24.3 Å². The molecule has 0 aliphatic heterocycles. The van der Waals surface area contributed by atoms with Crippen LogP contribution in [0, 0.1) is 0 Å². The van der Waals surface area contributed by atoms with Gasteiger partial charge in [-0.1, -0.05) is 54.7 Å². The molecule has 0 amide bonds. The summed E-state index contributed by atoms with van der Waals surface area (Å²) in [6.45, 7) is 8.00. The van der Waals surface area contributed by atoms with Crippen LogP contribution in [0.1, 0.15) is 42.5 Å². The Kier molecular flexibility index (Phi) is 41.3. The number of pyridine rings is 2. The van der Waals surface area contributed by atoms with E-state index < -0.39 is 0 Å². The molecule has 0 aliphatic rings. The van der Waals surface area contributed by atoms with Crippen molar-refractivity contribution in [3.8, 4) is 0 Å². The van der Waals surface area contributed by atoms with Gasteiger partial charge in [0.05, 0.1) is 0 Å². The Labute approximate surface area is 114 Å². The number of rotatable bonds is 0. The third-order valence-corrected chi connectivity index (χ3v) is 1.13. The molecule has 2 aromatic rings. The maximum Gasteiger partial charge on any atom is 0.0267 e. The summed E-state index contributed by atoms with van der Waals surface area (Å²) >= 11 is 0. The summed E-state index contributed by atoms with van der Waals surface area (Å²) in [7, 11) is 0. The van der Waals surface area contributed by atoms with Crippen molar-refractivity contribution in [2.45, 2.75) is 42.5 Å². The van der Waals surface area contributed by atoms with Gasteiger partial charge >= 0.3 is 0 Å². The van der Waals surface area contributed by atoms with Crippen molar-refractivity contribution in [2.75, 3.05) is 0 Å². The fraction of sp³-hybridized carbons (Fsp3) is 0.375. The van der Waals surface area contributed by atoms with Gasteiger partial charge in [0.2, 0.25) is 0 Å². The Balaban J connectivity index is -0.0000000787. The largest absolute Gasteiger partial charge is 0.265 e. The lowest BCUT2D eigenvalue weighted by Gasteiger charge is -1.70. The van der Waals surface area contributed by atoms with Crippen molar-refractivity contribution in [1.82, 2.24) is 9.97 Å². The van der Waals surface area contributed by atoms with Gasteiger partial charge in [0, 0.05) is 24.8 Å². The SMILES string of the molecule is C.C.CC.CC.c1ccncc1.c1ccncc1. The summed E-state index contributed by atoms with van der Waals surface area (Å²) in [4.78, 5) is 7.57. The first-order valence-electron chi connectivity index (χ1n) is 5.70. The zero-order chi connectivity index (χ0) is 12.5. The van der Waals surface area contributed by atoms with E-state index in [2.05, 4.69) is 9.97 Å². The molecule has 104 valence electrons. The van der Waals surface area contributed by atoms with Gasteiger partial charge in [0.15, 0.2) is 0 Å². The molecule has 0 atom stereocenters. The molecular weight excluding hydrogens is 220 g/mol. The third-order valence-electron chi connectivity index (χ3n) is 1.13. The molecule has 0 unspecified atom stereocenters. The van der Waals surface area contributed by atoms with Crippen LogP contribution >= 0.6 is 0 Å². The molecule has 0 aliphatic carbocycles. The molecule has 0 fully saturated rings. The van der Waals surface area contributed by atoms with Crippen molar-refractivity contribution in [3.05, 3.63) is 61.2 Å². The molecule has 2 heteroatoms. The van der Waals surface area contributed by atoms with Crippen LogP contribution in [0.4, 0.5) is 0 Å². The molecule has 0 bridgehead atoms. The van der Waals surface area contributed by atoms with Crippen LogP contribution in [0.2, 0.25) is 0 Å². The summed E-state index contributed by atoms with van der Waals surface area (Å²) in [5, 5.41) is 0. The molecule has 0 saturated heterocycles. The predicted molar refractivity (Wildman–Crippen MR) is 84.6 cm³/mol. The lowest BCUT2D eigenvalue weighted by Crippen LogP contribution is -1.58. The Morgan fingerprint density at radius 2 is 0.667 bits per heavy atom. The Bertz CT molecular complexity index is 184. The molecule has 0 radical (unpaired) electrons. The topological polar surface area (TPSA) is 25.8 Å².